The molecule has 0 aliphatic carbocycles. The number of amides is 3. The second-order valence-electron chi connectivity index (χ2n) is 7.28. The lowest BCUT2D eigenvalue weighted by Crippen LogP contribution is -2.57. The first-order valence-corrected chi connectivity index (χ1v) is 10.6. The number of carbonyl (C=O) groups is 5. The van der Waals surface area contributed by atoms with Gasteiger partial charge in [-0.25, -0.2) is 4.79 Å². The fourth-order valence-corrected chi connectivity index (χ4v) is 2.81. The van der Waals surface area contributed by atoms with Crippen molar-refractivity contribution in [2.75, 3.05) is 5.75 Å². The number of carboxylic acids is 2. The van der Waals surface area contributed by atoms with Crippen LogP contribution in [0.1, 0.15) is 25.3 Å². The standard InChI is InChI=1S/C20H28N4O8S/c1-10(17(28)23-14(20(31)32)6-7-16(26)27)22-19(30)15(24-18(29)13(21)9-33)8-11-2-4-12(25)5-3-11/h2-5,10,13-15,25,33H,6-9,21H2,1H3,(H,22,30)(H,23,28)(H,24,29)(H,26,27)(H,31,32). The normalized spacial score (nSPS) is 14.3. The topological polar surface area (TPSA) is 208 Å². The van der Waals surface area contributed by atoms with Crippen molar-refractivity contribution < 1.29 is 39.3 Å². The van der Waals surface area contributed by atoms with Crippen molar-refractivity contribution in [3.8, 4) is 5.75 Å². The molecule has 1 aromatic rings. The Morgan fingerprint density at radius 2 is 1.52 bits per heavy atom. The molecular weight excluding hydrogens is 456 g/mol. The number of aliphatic carboxylic acids is 2. The van der Waals surface area contributed by atoms with Gasteiger partial charge in [-0.15, -0.1) is 0 Å². The molecule has 0 fully saturated rings. The lowest BCUT2D eigenvalue weighted by atomic mass is 10.0. The van der Waals surface area contributed by atoms with E-state index in [1.807, 2.05) is 0 Å². The highest BCUT2D eigenvalue weighted by Gasteiger charge is 2.28. The van der Waals surface area contributed by atoms with Crippen LogP contribution in [0.2, 0.25) is 0 Å². The number of benzene rings is 1. The smallest absolute Gasteiger partial charge is 0.326 e. The molecule has 182 valence electrons. The number of carbonyl (C=O) groups excluding carboxylic acids is 3. The molecule has 0 bridgehead atoms. The molecule has 0 heterocycles. The SMILES string of the molecule is CC(NC(=O)C(Cc1ccc(O)cc1)NC(=O)C(N)CS)C(=O)NC(CCC(=O)O)C(=O)O. The minimum Gasteiger partial charge on any atom is -0.508 e. The van der Waals surface area contributed by atoms with Crippen LogP contribution in [0.4, 0.5) is 0 Å². The summed E-state index contributed by atoms with van der Waals surface area (Å²) < 4.78 is 0. The highest BCUT2D eigenvalue weighted by Crippen LogP contribution is 2.12. The van der Waals surface area contributed by atoms with Gasteiger partial charge in [-0.2, -0.15) is 12.6 Å². The molecule has 4 atom stereocenters. The van der Waals surface area contributed by atoms with Gasteiger partial charge in [0.15, 0.2) is 0 Å². The summed E-state index contributed by atoms with van der Waals surface area (Å²) in [6.45, 7) is 1.31. The van der Waals surface area contributed by atoms with E-state index in [0.29, 0.717) is 5.56 Å². The Morgan fingerprint density at radius 3 is 2.03 bits per heavy atom. The van der Waals surface area contributed by atoms with E-state index < -0.39 is 60.2 Å². The quantitative estimate of drug-likeness (QED) is 0.155. The van der Waals surface area contributed by atoms with Crippen molar-refractivity contribution in [2.45, 2.75) is 50.4 Å². The Labute approximate surface area is 195 Å². The third kappa shape index (κ3) is 9.78. The Bertz CT molecular complexity index is 864. The molecule has 0 radical (unpaired) electrons. The van der Waals surface area contributed by atoms with E-state index in [9.17, 15) is 29.1 Å². The third-order valence-corrected chi connectivity index (χ3v) is 4.95. The average Bonchev–Trinajstić information content (AvgIpc) is 2.76. The Kier molecular flexibility index (Phi) is 11.2. The van der Waals surface area contributed by atoms with Crippen molar-refractivity contribution in [3.63, 3.8) is 0 Å². The zero-order chi connectivity index (χ0) is 25.1. The van der Waals surface area contributed by atoms with Gasteiger partial charge < -0.3 is 37.0 Å². The molecule has 8 N–H and O–H groups in total. The van der Waals surface area contributed by atoms with E-state index in [0.717, 1.165) is 0 Å². The van der Waals surface area contributed by atoms with Gasteiger partial charge >= 0.3 is 11.9 Å². The van der Waals surface area contributed by atoms with E-state index in [4.69, 9.17) is 15.9 Å². The maximum absolute atomic E-state index is 12.8. The number of nitrogens with one attached hydrogen (secondary N) is 3. The lowest BCUT2D eigenvalue weighted by molar-refractivity contribution is -0.143. The molecule has 0 aromatic heterocycles. The first-order valence-electron chi connectivity index (χ1n) is 9.94. The number of phenolic OH excluding ortho intramolecular Hbond substituents is 1. The first kappa shape index (κ1) is 27.7. The number of carboxylic acid groups (broad SMARTS) is 2. The van der Waals surface area contributed by atoms with Crippen LogP contribution < -0.4 is 21.7 Å². The average molecular weight is 485 g/mol. The van der Waals surface area contributed by atoms with Crippen molar-refractivity contribution >= 4 is 42.3 Å². The predicted molar refractivity (Wildman–Crippen MR) is 120 cm³/mol. The molecule has 0 spiro atoms. The zero-order valence-electron chi connectivity index (χ0n) is 17.9. The van der Waals surface area contributed by atoms with Crippen LogP contribution in [0.25, 0.3) is 0 Å². The van der Waals surface area contributed by atoms with Crippen LogP contribution in [-0.4, -0.2) is 74.9 Å². The summed E-state index contributed by atoms with van der Waals surface area (Å²) >= 11 is 3.95. The molecule has 0 aliphatic heterocycles. The van der Waals surface area contributed by atoms with Gasteiger partial charge in [0.25, 0.3) is 0 Å². The fourth-order valence-electron chi connectivity index (χ4n) is 2.64. The van der Waals surface area contributed by atoms with E-state index in [-0.39, 0.29) is 24.3 Å². The molecule has 13 heteroatoms. The van der Waals surface area contributed by atoms with Gasteiger partial charge in [0.2, 0.25) is 17.7 Å². The molecule has 0 aliphatic rings. The summed E-state index contributed by atoms with van der Waals surface area (Å²) in [7, 11) is 0. The van der Waals surface area contributed by atoms with Gasteiger partial charge in [0, 0.05) is 18.6 Å². The first-order chi connectivity index (χ1) is 15.4. The van der Waals surface area contributed by atoms with E-state index in [1.54, 1.807) is 12.1 Å². The van der Waals surface area contributed by atoms with Crippen molar-refractivity contribution in [1.29, 1.82) is 0 Å². The summed E-state index contributed by atoms with van der Waals surface area (Å²) in [5.74, 6) is -4.80. The number of rotatable bonds is 13. The van der Waals surface area contributed by atoms with Gasteiger partial charge in [0.1, 0.15) is 23.9 Å². The van der Waals surface area contributed by atoms with Crippen molar-refractivity contribution in [3.05, 3.63) is 29.8 Å². The summed E-state index contributed by atoms with van der Waals surface area (Å²) in [6.07, 6.45) is -0.788. The monoisotopic (exact) mass is 484 g/mol. The minimum absolute atomic E-state index is 0.0157. The van der Waals surface area contributed by atoms with E-state index in [1.165, 1.54) is 19.1 Å². The fraction of sp³-hybridized carbons (Fsp3) is 0.450. The molecule has 0 saturated heterocycles. The molecule has 12 nitrogen and oxygen atoms in total. The minimum atomic E-state index is -1.45. The predicted octanol–water partition coefficient (Wildman–Crippen LogP) is -1.38. The second-order valence-corrected chi connectivity index (χ2v) is 7.65. The largest absolute Gasteiger partial charge is 0.508 e. The van der Waals surface area contributed by atoms with Crippen LogP contribution in [-0.2, 0) is 30.4 Å². The lowest BCUT2D eigenvalue weighted by Gasteiger charge is -2.23. The van der Waals surface area contributed by atoms with Crippen LogP contribution in [0, 0.1) is 0 Å². The molecule has 4 unspecified atom stereocenters. The van der Waals surface area contributed by atoms with Gasteiger partial charge in [-0.3, -0.25) is 19.2 Å². The molecule has 1 rings (SSSR count). The third-order valence-electron chi connectivity index (χ3n) is 4.56. The number of hydrogen-bond donors (Lipinski definition) is 8. The highest BCUT2D eigenvalue weighted by molar-refractivity contribution is 7.80. The number of aromatic hydroxyl groups is 1. The van der Waals surface area contributed by atoms with Crippen molar-refractivity contribution in [1.82, 2.24) is 16.0 Å². The summed E-state index contributed by atoms with van der Waals surface area (Å²) in [6, 6.07) is 1.17. The molecule has 1 aromatic carbocycles. The van der Waals surface area contributed by atoms with Crippen LogP contribution in [0.5, 0.6) is 5.75 Å². The summed E-state index contributed by atoms with van der Waals surface area (Å²) in [4.78, 5) is 59.3. The van der Waals surface area contributed by atoms with Gasteiger partial charge in [0.05, 0.1) is 6.04 Å². The Balaban J connectivity index is 2.88. The maximum atomic E-state index is 12.8. The molecule has 33 heavy (non-hydrogen) atoms. The van der Waals surface area contributed by atoms with Crippen LogP contribution >= 0.6 is 12.6 Å². The van der Waals surface area contributed by atoms with Gasteiger partial charge in [-0.05, 0) is 31.0 Å². The Morgan fingerprint density at radius 1 is 0.939 bits per heavy atom. The number of thiol groups is 1. The summed E-state index contributed by atoms with van der Waals surface area (Å²) in [5.41, 5.74) is 6.25. The highest BCUT2D eigenvalue weighted by atomic mass is 32.1. The van der Waals surface area contributed by atoms with Gasteiger partial charge in [-0.1, -0.05) is 12.1 Å². The maximum Gasteiger partial charge on any atom is 0.326 e. The van der Waals surface area contributed by atoms with Crippen LogP contribution in [0.15, 0.2) is 24.3 Å². The molecule has 3 amide bonds. The zero-order valence-corrected chi connectivity index (χ0v) is 18.7. The number of phenols is 1. The van der Waals surface area contributed by atoms with E-state index >= 15 is 0 Å². The van der Waals surface area contributed by atoms with Crippen molar-refractivity contribution in [2.24, 2.45) is 5.73 Å². The number of hydrogen-bond acceptors (Lipinski definition) is 8. The summed E-state index contributed by atoms with van der Waals surface area (Å²) in [5, 5.41) is 34.4. The number of nitrogens with two attached hydrogens (primary N) is 1. The van der Waals surface area contributed by atoms with E-state index in [2.05, 4.69) is 28.6 Å². The molecular formula is C20H28N4O8S. The Hall–Kier alpha value is -3.32. The van der Waals surface area contributed by atoms with Crippen LogP contribution in [0.3, 0.4) is 0 Å². The second kappa shape index (κ2) is 13.3. The molecule has 0 saturated carbocycles.